The molecular formula is C26H20N4O2. The fraction of sp³-hybridized carbons (Fsp3) is 0.0385. The number of benzene rings is 2. The molecule has 0 spiro atoms. The van der Waals surface area contributed by atoms with Gasteiger partial charge in [0.15, 0.2) is 5.43 Å². The van der Waals surface area contributed by atoms with Crippen molar-refractivity contribution in [3.05, 3.63) is 119 Å². The predicted molar refractivity (Wildman–Crippen MR) is 126 cm³/mol. The molecule has 5 rings (SSSR count). The molecule has 6 heteroatoms. The molecule has 156 valence electrons. The second kappa shape index (κ2) is 8.73. The monoisotopic (exact) mass is 420 g/mol. The Morgan fingerprint density at radius 1 is 0.844 bits per heavy atom. The highest BCUT2D eigenvalue weighted by molar-refractivity contribution is 5.84. The molecule has 0 aliphatic rings. The van der Waals surface area contributed by atoms with Crippen LogP contribution in [0.15, 0.2) is 108 Å². The van der Waals surface area contributed by atoms with Crippen LogP contribution in [0.1, 0.15) is 5.69 Å². The fourth-order valence-electron chi connectivity index (χ4n) is 3.52. The maximum Gasteiger partial charge on any atom is 0.215 e. The van der Waals surface area contributed by atoms with Gasteiger partial charge in [0.2, 0.25) is 5.88 Å². The summed E-state index contributed by atoms with van der Waals surface area (Å²) in [6.07, 6.45) is 3.29. The zero-order valence-corrected chi connectivity index (χ0v) is 17.2. The Morgan fingerprint density at radius 2 is 1.59 bits per heavy atom. The highest BCUT2D eigenvalue weighted by Gasteiger charge is 2.13. The standard InChI is InChI=1S/C26H20N4O2/c31-24-16-25(29-19-9-3-1-4-10-19)30(21-12-5-2-6-13-21)23-15-26(28-17-22(23)24)32-18-20-11-7-8-14-27-20/h1-17,29H,18H2. The molecular weight excluding hydrogens is 400 g/mol. The van der Waals surface area contributed by atoms with Gasteiger partial charge in [0.1, 0.15) is 12.4 Å². The molecule has 3 aromatic heterocycles. The normalized spacial score (nSPS) is 10.8. The van der Waals surface area contributed by atoms with Gasteiger partial charge in [-0.15, -0.1) is 0 Å². The number of hydrogen-bond donors (Lipinski definition) is 1. The van der Waals surface area contributed by atoms with Crippen molar-refractivity contribution in [2.45, 2.75) is 6.61 Å². The van der Waals surface area contributed by atoms with E-state index in [2.05, 4.69) is 15.3 Å². The Bertz CT molecular complexity index is 1400. The zero-order valence-electron chi connectivity index (χ0n) is 17.2. The van der Waals surface area contributed by atoms with Crippen molar-refractivity contribution in [1.29, 1.82) is 0 Å². The molecule has 0 radical (unpaired) electrons. The van der Waals surface area contributed by atoms with E-state index in [9.17, 15) is 4.79 Å². The third-order valence-electron chi connectivity index (χ3n) is 5.03. The number of anilines is 2. The van der Waals surface area contributed by atoms with Crippen molar-refractivity contribution in [3.8, 4) is 11.6 Å². The lowest BCUT2D eigenvalue weighted by Crippen LogP contribution is -2.13. The van der Waals surface area contributed by atoms with Crippen molar-refractivity contribution >= 4 is 22.4 Å². The van der Waals surface area contributed by atoms with Gasteiger partial charge < -0.3 is 10.1 Å². The van der Waals surface area contributed by atoms with Gasteiger partial charge in [-0.25, -0.2) is 4.98 Å². The number of aromatic nitrogens is 3. The van der Waals surface area contributed by atoms with E-state index in [1.165, 1.54) is 0 Å². The summed E-state index contributed by atoms with van der Waals surface area (Å²) in [6.45, 7) is 0.289. The van der Waals surface area contributed by atoms with E-state index in [1.54, 1.807) is 24.5 Å². The molecule has 0 bridgehead atoms. The number of nitrogens with zero attached hydrogens (tertiary/aromatic N) is 3. The van der Waals surface area contributed by atoms with Crippen molar-refractivity contribution in [1.82, 2.24) is 14.5 Å². The summed E-state index contributed by atoms with van der Waals surface area (Å²) < 4.78 is 7.88. The summed E-state index contributed by atoms with van der Waals surface area (Å²) in [7, 11) is 0. The molecule has 0 aliphatic carbocycles. The summed E-state index contributed by atoms with van der Waals surface area (Å²) in [6, 6.07) is 28.7. The first-order valence-corrected chi connectivity index (χ1v) is 10.2. The maximum atomic E-state index is 12.9. The lowest BCUT2D eigenvalue weighted by molar-refractivity contribution is 0.290. The molecule has 0 unspecified atom stereocenters. The number of rotatable bonds is 6. The molecule has 0 saturated heterocycles. The van der Waals surface area contributed by atoms with Gasteiger partial charge in [0, 0.05) is 35.9 Å². The van der Waals surface area contributed by atoms with Crippen LogP contribution in [-0.2, 0) is 6.61 Å². The van der Waals surface area contributed by atoms with E-state index in [4.69, 9.17) is 4.74 Å². The van der Waals surface area contributed by atoms with Crippen molar-refractivity contribution in [2.24, 2.45) is 0 Å². The highest BCUT2D eigenvalue weighted by Crippen LogP contribution is 2.26. The van der Waals surface area contributed by atoms with Crippen LogP contribution in [0.3, 0.4) is 0 Å². The van der Waals surface area contributed by atoms with E-state index in [1.807, 2.05) is 83.4 Å². The molecule has 5 aromatic rings. The van der Waals surface area contributed by atoms with E-state index in [0.29, 0.717) is 22.6 Å². The molecule has 6 nitrogen and oxygen atoms in total. The lowest BCUT2D eigenvalue weighted by atomic mass is 10.2. The molecule has 3 heterocycles. The Hall–Kier alpha value is -4.45. The average molecular weight is 420 g/mol. The van der Waals surface area contributed by atoms with Crippen LogP contribution in [0.2, 0.25) is 0 Å². The first kappa shape index (κ1) is 19.5. The van der Waals surface area contributed by atoms with Gasteiger partial charge in [-0.1, -0.05) is 42.5 Å². The van der Waals surface area contributed by atoms with E-state index >= 15 is 0 Å². The topological polar surface area (TPSA) is 69.0 Å². The largest absolute Gasteiger partial charge is 0.471 e. The minimum absolute atomic E-state index is 0.116. The van der Waals surface area contributed by atoms with Crippen LogP contribution < -0.4 is 15.5 Å². The summed E-state index contributed by atoms with van der Waals surface area (Å²) in [5, 5.41) is 3.88. The quantitative estimate of drug-likeness (QED) is 0.414. The Labute approximate surface area is 184 Å². The van der Waals surface area contributed by atoms with Crippen LogP contribution in [-0.4, -0.2) is 14.5 Å². The SMILES string of the molecule is O=c1cc(Nc2ccccc2)n(-c2ccccc2)c2cc(OCc3ccccn3)ncc12. The highest BCUT2D eigenvalue weighted by atomic mass is 16.5. The zero-order chi connectivity index (χ0) is 21.8. The van der Waals surface area contributed by atoms with E-state index < -0.39 is 0 Å². The first-order chi connectivity index (χ1) is 15.8. The Morgan fingerprint density at radius 3 is 2.34 bits per heavy atom. The minimum Gasteiger partial charge on any atom is -0.471 e. The van der Waals surface area contributed by atoms with Gasteiger partial charge in [0.25, 0.3) is 0 Å². The number of fused-ring (bicyclic) bond motifs is 1. The van der Waals surface area contributed by atoms with Gasteiger partial charge >= 0.3 is 0 Å². The van der Waals surface area contributed by atoms with Gasteiger partial charge in [-0.2, -0.15) is 0 Å². The lowest BCUT2D eigenvalue weighted by Gasteiger charge is -2.18. The molecule has 0 fully saturated rings. The molecule has 2 aromatic carbocycles. The van der Waals surface area contributed by atoms with Gasteiger partial charge in [-0.3, -0.25) is 14.3 Å². The number of ether oxygens (including phenoxy) is 1. The van der Waals surface area contributed by atoms with Gasteiger partial charge in [0.05, 0.1) is 16.6 Å². The second-order valence-electron chi connectivity index (χ2n) is 7.21. The first-order valence-electron chi connectivity index (χ1n) is 10.2. The Kier molecular flexibility index (Phi) is 5.32. The van der Waals surface area contributed by atoms with Crippen LogP contribution in [0, 0.1) is 0 Å². The summed E-state index contributed by atoms with van der Waals surface area (Å²) in [4.78, 5) is 21.5. The number of pyridine rings is 3. The van der Waals surface area contributed by atoms with Crippen molar-refractivity contribution in [2.75, 3.05) is 5.32 Å². The molecule has 0 amide bonds. The average Bonchev–Trinajstić information content (AvgIpc) is 2.85. The van der Waals surface area contributed by atoms with Crippen molar-refractivity contribution in [3.63, 3.8) is 0 Å². The third-order valence-corrected chi connectivity index (χ3v) is 5.03. The fourth-order valence-corrected chi connectivity index (χ4v) is 3.52. The summed E-state index contributed by atoms with van der Waals surface area (Å²) >= 11 is 0. The summed E-state index contributed by atoms with van der Waals surface area (Å²) in [5.41, 5.74) is 3.19. The number of para-hydroxylation sites is 2. The maximum absolute atomic E-state index is 12.9. The van der Waals surface area contributed by atoms with Crippen LogP contribution in [0.25, 0.3) is 16.6 Å². The number of nitrogens with one attached hydrogen (secondary N) is 1. The smallest absolute Gasteiger partial charge is 0.215 e. The number of hydrogen-bond acceptors (Lipinski definition) is 5. The van der Waals surface area contributed by atoms with Crippen molar-refractivity contribution < 1.29 is 4.74 Å². The molecule has 0 saturated carbocycles. The van der Waals surface area contributed by atoms with Crippen LogP contribution >= 0.6 is 0 Å². The van der Waals surface area contributed by atoms with E-state index in [0.717, 1.165) is 17.1 Å². The molecule has 0 atom stereocenters. The third kappa shape index (κ3) is 4.06. The van der Waals surface area contributed by atoms with E-state index in [-0.39, 0.29) is 12.0 Å². The van der Waals surface area contributed by atoms with Gasteiger partial charge in [-0.05, 0) is 36.4 Å². The Balaban J connectivity index is 1.63. The molecule has 0 aliphatic heterocycles. The molecule has 32 heavy (non-hydrogen) atoms. The second-order valence-corrected chi connectivity index (χ2v) is 7.21. The molecule has 1 N–H and O–H groups in total. The summed E-state index contributed by atoms with van der Waals surface area (Å²) in [5.74, 6) is 1.07. The van der Waals surface area contributed by atoms with Crippen LogP contribution in [0.4, 0.5) is 11.5 Å². The van der Waals surface area contributed by atoms with Crippen LogP contribution in [0.5, 0.6) is 5.88 Å². The minimum atomic E-state index is -0.116. The predicted octanol–water partition coefficient (Wildman–Crippen LogP) is 5.10.